The van der Waals surface area contributed by atoms with Crippen LogP contribution < -0.4 is 10.2 Å². The lowest BCUT2D eigenvalue weighted by molar-refractivity contribution is -0.137. The number of carbonyl (C=O) groups excluding carboxylic acids is 1. The molecule has 0 aliphatic carbocycles. The van der Waals surface area contributed by atoms with Crippen molar-refractivity contribution in [1.82, 2.24) is 19.5 Å². The molecule has 0 saturated heterocycles. The van der Waals surface area contributed by atoms with E-state index >= 15 is 0 Å². The number of rotatable bonds is 4. The molecule has 0 unspecified atom stereocenters. The largest absolute Gasteiger partial charge is 0.418 e. The van der Waals surface area contributed by atoms with E-state index in [4.69, 9.17) is 0 Å². The molecular weight excluding hydrogens is 361 g/mol. The van der Waals surface area contributed by atoms with Gasteiger partial charge in [-0.25, -0.2) is 15.0 Å². The molecule has 0 bridgehead atoms. The summed E-state index contributed by atoms with van der Waals surface area (Å²) in [6.07, 6.45) is -1.80. The maximum absolute atomic E-state index is 13.1. The van der Waals surface area contributed by atoms with Crippen molar-refractivity contribution in [3.8, 4) is 0 Å². The van der Waals surface area contributed by atoms with Gasteiger partial charge in [0.2, 0.25) is 5.91 Å². The van der Waals surface area contributed by atoms with Crippen LogP contribution in [0.5, 0.6) is 0 Å². The van der Waals surface area contributed by atoms with Gasteiger partial charge in [-0.15, -0.1) is 0 Å². The Morgan fingerprint density at radius 3 is 2.56 bits per heavy atom. The average Bonchev–Trinajstić information content (AvgIpc) is 3.04. The molecule has 142 valence electrons. The van der Waals surface area contributed by atoms with Gasteiger partial charge in [0.1, 0.15) is 12.4 Å². The van der Waals surface area contributed by atoms with Crippen LogP contribution in [0.15, 0.2) is 36.9 Å². The molecular formula is C17H17F3N6O. The van der Waals surface area contributed by atoms with Crippen molar-refractivity contribution in [3.05, 3.63) is 42.5 Å². The van der Waals surface area contributed by atoms with E-state index in [1.165, 1.54) is 35.4 Å². The minimum absolute atomic E-state index is 0.296. The smallest absolute Gasteiger partial charge is 0.361 e. The van der Waals surface area contributed by atoms with Crippen molar-refractivity contribution in [3.63, 3.8) is 0 Å². The molecule has 0 aliphatic rings. The molecule has 0 spiro atoms. The van der Waals surface area contributed by atoms with E-state index in [0.29, 0.717) is 17.0 Å². The number of para-hydroxylation sites is 1. The zero-order valence-electron chi connectivity index (χ0n) is 14.8. The first-order valence-corrected chi connectivity index (χ1v) is 8.02. The van der Waals surface area contributed by atoms with Crippen molar-refractivity contribution in [2.75, 3.05) is 24.3 Å². The first-order chi connectivity index (χ1) is 12.7. The lowest BCUT2D eigenvalue weighted by Gasteiger charge is -2.17. The Kier molecular flexibility index (Phi) is 4.73. The number of nitrogens with zero attached hydrogens (tertiary/aromatic N) is 5. The Balaban J connectivity index is 1.92. The zero-order chi connectivity index (χ0) is 19.8. The maximum Gasteiger partial charge on any atom is 0.418 e. The fraction of sp³-hybridized carbons (Fsp3) is 0.294. The van der Waals surface area contributed by atoms with Crippen LogP contribution in [0.4, 0.5) is 24.7 Å². The Hall–Kier alpha value is -3.17. The summed E-state index contributed by atoms with van der Waals surface area (Å²) in [5.41, 5.74) is -0.286. The quantitative estimate of drug-likeness (QED) is 0.755. The van der Waals surface area contributed by atoms with Gasteiger partial charge in [-0.05, 0) is 19.1 Å². The Morgan fingerprint density at radius 2 is 1.89 bits per heavy atom. The van der Waals surface area contributed by atoms with E-state index in [0.717, 1.165) is 6.07 Å². The number of halogens is 3. The van der Waals surface area contributed by atoms with Crippen molar-refractivity contribution < 1.29 is 18.0 Å². The van der Waals surface area contributed by atoms with Crippen LogP contribution >= 0.6 is 0 Å². The number of imidazole rings is 1. The van der Waals surface area contributed by atoms with Crippen LogP contribution in [0.2, 0.25) is 0 Å². The van der Waals surface area contributed by atoms with E-state index in [9.17, 15) is 18.0 Å². The fourth-order valence-corrected chi connectivity index (χ4v) is 2.65. The molecule has 1 atom stereocenters. The second-order valence-corrected chi connectivity index (χ2v) is 6.12. The topological polar surface area (TPSA) is 75.9 Å². The molecule has 0 fully saturated rings. The van der Waals surface area contributed by atoms with Gasteiger partial charge in [0.05, 0.1) is 17.6 Å². The van der Waals surface area contributed by atoms with Gasteiger partial charge in [0.15, 0.2) is 17.0 Å². The van der Waals surface area contributed by atoms with E-state index in [-0.39, 0.29) is 5.69 Å². The van der Waals surface area contributed by atoms with Gasteiger partial charge in [0.25, 0.3) is 0 Å². The second kappa shape index (κ2) is 6.86. The molecule has 3 rings (SSSR count). The van der Waals surface area contributed by atoms with Crippen molar-refractivity contribution in [1.29, 1.82) is 0 Å². The van der Waals surface area contributed by atoms with Crippen LogP contribution in [-0.2, 0) is 11.0 Å². The Morgan fingerprint density at radius 1 is 1.19 bits per heavy atom. The highest BCUT2D eigenvalue weighted by Crippen LogP contribution is 2.35. The minimum Gasteiger partial charge on any atom is -0.361 e. The fourth-order valence-electron chi connectivity index (χ4n) is 2.65. The SMILES string of the molecule is C[C@H](C(=O)Nc1ccccc1C(F)(F)F)n1cnc2c(N(C)C)ncnc21. The van der Waals surface area contributed by atoms with Crippen LogP contribution in [0.3, 0.4) is 0 Å². The monoisotopic (exact) mass is 378 g/mol. The molecule has 2 aromatic heterocycles. The average molecular weight is 378 g/mol. The number of hydrogen-bond donors (Lipinski definition) is 1. The Labute approximate surface area is 152 Å². The highest BCUT2D eigenvalue weighted by Gasteiger charge is 2.34. The summed E-state index contributed by atoms with van der Waals surface area (Å²) in [5.74, 6) is -0.0372. The van der Waals surface area contributed by atoms with E-state index in [1.807, 2.05) is 0 Å². The summed E-state index contributed by atoms with van der Waals surface area (Å²) in [5, 5.41) is 2.35. The number of carbonyl (C=O) groups is 1. The minimum atomic E-state index is -4.57. The van der Waals surface area contributed by atoms with Gasteiger partial charge >= 0.3 is 6.18 Å². The van der Waals surface area contributed by atoms with Crippen molar-refractivity contribution in [2.45, 2.75) is 19.1 Å². The molecule has 1 aromatic carbocycles. The highest BCUT2D eigenvalue weighted by atomic mass is 19.4. The summed E-state index contributed by atoms with van der Waals surface area (Å²) in [4.78, 5) is 26.9. The molecule has 27 heavy (non-hydrogen) atoms. The molecule has 0 radical (unpaired) electrons. The van der Waals surface area contributed by atoms with Crippen LogP contribution in [-0.4, -0.2) is 39.5 Å². The molecule has 1 N–H and O–H groups in total. The molecule has 0 aliphatic heterocycles. The highest BCUT2D eigenvalue weighted by molar-refractivity contribution is 5.95. The van der Waals surface area contributed by atoms with Gasteiger partial charge in [-0.2, -0.15) is 13.2 Å². The predicted molar refractivity (Wildman–Crippen MR) is 94.4 cm³/mol. The van der Waals surface area contributed by atoms with Crippen LogP contribution in [0, 0.1) is 0 Å². The standard InChI is InChI=1S/C17H17F3N6O/c1-10(16(27)24-12-7-5-4-6-11(12)17(18,19)20)26-9-23-13-14(25(2)3)21-8-22-15(13)26/h4-10H,1-3H3,(H,24,27)/t10-/m1/s1. The number of anilines is 2. The second-order valence-electron chi connectivity index (χ2n) is 6.12. The zero-order valence-corrected chi connectivity index (χ0v) is 14.8. The normalized spacial score (nSPS) is 12.8. The molecule has 2 heterocycles. The predicted octanol–water partition coefficient (Wildman–Crippen LogP) is 3.11. The first kappa shape index (κ1) is 18.6. The molecule has 0 saturated carbocycles. The molecule has 3 aromatic rings. The number of fused-ring (bicyclic) bond motifs is 1. The summed E-state index contributed by atoms with van der Waals surface area (Å²) < 4.78 is 40.8. The van der Waals surface area contributed by atoms with Gasteiger partial charge in [-0.1, -0.05) is 12.1 Å². The van der Waals surface area contributed by atoms with Gasteiger partial charge < -0.3 is 14.8 Å². The maximum atomic E-state index is 13.1. The lowest BCUT2D eigenvalue weighted by atomic mass is 10.1. The summed E-state index contributed by atoms with van der Waals surface area (Å²) in [6, 6.07) is 4.00. The summed E-state index contributed by atoms with van der Waals surface area (Å²) in [7, 11) is 3.59. The number of benzene rings is 1. The van der Waals surface area contributed by atoms with Crippen LogP contribution in [0.1, 0.15) is 18.5 Å². The van der Waals surface area contributed by atoms with Crippen molar-refractivity contribution >= 4 is 28.6 Å². The third-order valence-electron chi connectivity index (χ3n) is 4.05. The third-order valence-corrected chi connectivity index (χ3v) is 4.05. The third kappa shape index (κ3) is 3.55. The van der Waals surface area contributed by atoms with E-state index < -0.39 is 23.7 Å². The number of nitrogens with one attached hydrogen (secondary N) is 1. The van der Waals surface area contributed by atoms with Crippen molar-refractivity contribution in [2.24, 2.45) is 0 Å². The number of amides is 1. The number of alkyl halides is 3. The Bertz CT molecular complexity index is 982. The van der Waals surface area contributed by atoms with E-state index in [1.54, 1.807) is 25.9 Å². The molecule has 10 heteroatoms. The van der Waals surface area contributed by atoms with Gasteiger partial charge in [0, 0.05) is 14.1 Å². The number of aromatic nitrogens is 4. The first-order valence-electron chi connectivity index (χ1n) is 8.02. The molecule has 7 nitrogen and oxygen atoms in total. The lowest BCUT2D eigenvalue weighted by Crippen LogP contribution is -2.25. The summed E-state index contributed by atoms with van der Waals surface area (Å²) in [6.45, 7) is 1.56. The summed E-state index contributed by atoms with van der Waals surface area (Å²) >= 11 is 0. The number of hydrogen-bond acceptors (Lipinski definition) is 5. The van der Waals surface area contributed by atoms with Gasteiger partial charge in [-0.3, -0.25) is 4.79 Å². The van der Waals surface area contributed by atoms with Crippen LogP contribution in [0.25, 0.3) is 11.2 Å². The van der Waals surface area contributed by atoms with E-state index in [2.05, 4.69) is 20.3 Å². The molecule has 1 amide bonds.